The van der Waals surface area contributed by atoms with Crippen LogP contribution in [0.1, 0.15) is 44.9 Å². The van der Waals surface area contributed by atoms with Gasteiger partial charge in [0, 0.05) is 12.8 Å². The van der Waals surface area contributed by atoms with Crippen LogP contribution in [-0.2, 0) is 9.53 Å². The lowest BCUT2D eigenvalue weighted by Crippen LogP contribution is -2.32. The first-order chi connectivity index (χ1) is 9.74. The summed E-state index contributed by atoms with van der Waals surface area (Å²) in [5, 5.41) is 0. The van der Waals surface area contributed by atoms with Gasteiger partial charge < -0.3 is 16.2 Å². The van der Waals surface area contributed by atoms with Gasteiger partial charge in [-0.25, -0.2) is 0 Å². The zero-order chi connectivity index (χ0) is 14.4. The van der Waals surface area contributed by atoms with Gasteiger partial charge in [0.25, 0.3) is 0 Å². The number of ether oxygens (including phenoxy) is 1. The molecule has 4 heteroatoms. The number of carbonyl (C=O) groups is 1. The average molecular weight is 278 g/mol. The molecule has 0 aliphatic heterocycles. The Morgan fingerprint density at radius 2 is 1.85 bits per heavy atom. The normalized spacial score (nSPS) is 29.2. The van der Waals surface area contributed by atoms with Crippen LogP contribution in [0, 0.1) is 29.6 Å². The summed E-state index contributed by atoms with van der Waals surface area (Å²) in [5.41, 5.74) is 11.2. The topological polar surface area (TPSA) is 78.3 Å². The van der Waals surface area contributed by atoms with Crippen molar-refractivity contribution >= 4 is 5.97 Å². The molecule has 0 saturated heterocycles. The van der Waals surface area contributed by atoms with E-state index in [4.69, 9.17) is 16.2 Å². The quantitative estimate of drug-likeness (QED) is 0.419. The first-order valence-corrected chi connectivity index (χ1v) is 7.82. The molecule has 0 aromatic heterocycles. The predicted molar refractivity (Wildman–Crippen MR) is 78.6 cm³/mol. The monoisotopic (exact) mass is 278 g/mol. The van der Waals surface area contributed by atoms with Crippen molar-refractivity contribution in [2.24, 2.45) is 29.2 Å². The van der Waals surface area contributed by atoms with Crippen LogP contribution in [0.3, 0.4) is 0 Å². The lowest BCUT2D eigenvalue weighted by Gasteiger charge is -2.11. The molecule has 20 heavy (non-hydrogen) atoms. The maximum atomic E-state index is 11.8. The fourth-order valence-electron chi connectivity index (χ4n) is 3.19. The van der Waals surface area contributed by atoms with Gasteiger partial charge in [0.1, 0.15) is 6.04 Å². The SMILES string of the molecule is NCCCC[C@H](N)C(=O)OCC1C2CCC#CCCC21. The van der Waals surface area contributed by atoms with Gasteiger partial charge in [-0.2, -0.15) is 0 Å². The lowest BCUT2D eigenvalue weighted by molar-refractivity contribution is -0.146. The predicted octanol–water partition coefficient (Wildman–Crippen LogP) is 1.43. The Bertz CT molecular complexity index is 368. The molecule has 1 saturated carbocycles. The number of unbranched alkanes of at least 4 members (excludes halogenated alkanes) is 1. The van der Waals surface area contributed by atoms with Crippen molar-refractivity contribution in [1.82, 2.24) is 0 Å². The van der Waals surface area contributed by atoms with Crippen LogP contribution < -0.4 is 11.5 Å². The van der Waals surface area contributed by atoms with Gasteiger partial charge in [0.05, 0.1) is 6.61 Å². The highest BCUT2D eigenvalue weighted by molar-refractivity contribution is 5.75. The summed E-state index contributed by atoms with van der Waals surface area (Å²) in [7, 11) is 0. The highest BCUT2D eigenvalue weighted by atomic mass is 16.5. The van der Waals surface area contributed by atoms with Crippen LogP contribution >= 0.6 is 0 Å². The molecule has 2 aliphatic carbocycles. The first-order valence-electron chi connectivity index (χ1n) is 7.82. The van der Waals surface area contributed by atoms with Crippen molar-refractivity contribution in [1.29, 1.82) is 0 Å². The van der Waals surface area contributed by atoms with Gasteiger partial charge in [-0.1, -0.05) is 6.42 Å². The number of hydrogen-bond donors (Lipinski definition) is 2. The van der Waals surface area contributed by atoms with E-state index in [1.54, 1.807) is 0 Å². The van der Waals surface area contributed by atoms with Crippen LogP contribution in [0.4, 0.5) is 0 Å². The van der Waals surface area contributed by atoms with Gasteiger partial charge in [-0.15, -0.1) is 11.8 Å². The van der Waals surface area contributed by atoms with E-state index in [2.05, 4.69) is 11.8 Å². The minimum Gasteiger partial charge on any atom is -0.464 e. The number of nitrogens with two attached hydrogens (primary N) is 2. The lowest BCUT2D eigenvalue weighted by atomic mass is 10.1. The third-order valence-electron chi connectivity index (χ3n) is 4.53. The number of rotatable bonds is 7. The number of esters is 1. The summed E-state index contributed by atoms with van der Waals surface area (Å²) in [6.45, 7) is 1.19. The van der Waals surface area contributed by atoms with E-state index < -0.39 is 6.04 Å². The molecule has 2 rings (SSSR count). The molecule has 2 aliphatic rings. The maximum Gasteiger partial charge on any atom is 0.322 e. The largest absolute Gasteiger partial charge is 0.464 e. The van der Waals surface area contributed by atoms with Gasteiger partial charge in [0.2, 0.25) is 0 Å². The molecule has 0 aromatic rings. The minimum atomic E-state index is -0.490. The summed E-state index contributed by atoms with van der Waals surface area (Å²) in [5.74, 6) is 8.09. The third kappa shape index (κ3) is 4.22. The first kappa shape index (κ1) is 15.3. The van der Waals surface area contributed by atoms with Crippen LogP contribution in [-0.4, -0.2) is 25.2 Å². The molecular weight excluding hydrogens is 252 g/mol. The molecule has 3 atom stereocenters. The van der Waals surface area contributed by atoms with Gasteiger partial charge >= 0.3 is 5.97 Å². The van der Waals surface area contributed by atoms with E-state index >= 15 is 0 Å². The van der Waals surface area contributed by atoms with Crippen LogP contribution in [0.2, 0.25) is 0 Å². The fourth-order valence-corrected chi connectivity index (χ4v) is 3.19. The molecule has 4 nitrogen and oxygen atoms in total. The summed E-state index contributed by atoms with van der Waals surface area (Å²) in [6, 6.07) is -0.490. The highest BCUT2D eigenvalue weighted by Gasteiger charge is 2.49. The number of carbonyl (C=O) groups excluding carboxylic acids is 1. The number of fused-ring (bicyclic) bond motifs is 1. The molecule has 0 radical (unpaired) electrons. The Labute approximate surface area is 121 Å². The molecule has 2 unspecified atom stereocenters. The summed E-state index contributed by atoms with van der Waals surface area (Å²) in [4.78, 5) is 11.8. The third-order valence-corrected chi connectivity index (χ3v) is 4.53. The van der Waals surface area contributed by atoms with E-state index in [-0.39, 0.29) is 5.97 Å². The van der Waals surface area contributed by atoms with E-state index in [1.165, 1.54) is 0 Å². The van der Waals surface area contributed by atoms with Crippen molar-refractivity contribution in [3.8, 4) is 11.8 Å². The summed E-state index contributed by atoms with van der Waals surface area (Å²) >= 11 is 0. The zero-order valence-corrected chi connectivity index (χ0v) is 12.1. The summed E-state index contributed by atoms with van der Waals surface area (Å²) < 4.78 is 5.40. The maximum absolute atomic E-state index is 11.8. The second-order valence-electron chi connectivity index (χ2n) is 5.94. The molecular formula is C16H26N2O2. The van der Waals surface area contributed by atoms with E-state index in [9.17, 15) is 4.79 Å². The molecule has 0 spiro atoms. The van der Waals surface area contributed by atoms with E-state index in [1.807, 2.05) is 0 Å². The van der Waals surface area contributed by atoms with Crippen LogP contribution in [0.15, 0.2) is 0 Å². The Morgan fingerprint density at radius 3 is 2.45 bits per heavy atom. The second kappa shape index (κ2) is 7.66. The second-order valence-corrected chi connectivity index (χ2v) is 5.94. The Hall–Kier alpha value is -1.05. The molecule has 1 fully saturated rings. The Kier molecular flexibility index (Phi) is 5.87. The van der Waals surface area contributed by atoms with Crippen molar-refractivity contribution in [3.05, 3.63) is 0 Å². The summed E-state index contributed by atoms with van der Waals surface area (Å²) in [6.07, 6.45) is 6.76. The van der Waals surface area contributed by atoms with Crippen molar-refractivity contribution in [3.63, 3.8) is 0 Å². The fraction of sp³-hybridized carbons (Fsp3) is 0.812. The van der Waals surface area contributed by atoms with Crippen LogP contribution in [0.5, 0.6) is 0 Å². The molecule has 112 valence electrons. The molecule has 4 N–H and O–H groups in total. The smallest absolute Gasteiger partial charge is 0.322 e. The Balaban J connectivity index is 1.64. The van der Waals surface area contributed by atoms with Crippen molar-refractivity contribution in [2.75, 3.05) is 13.2 Å². The molecule has 0 heterocycles. The van der Waals surface area contributed by atoms with Gasteiger partial charge in [-0.05, 0) is 50.0 Å². The van der Waals surface area contributed by atoms with E-state index in [0.29, 0.717) is 37.3 Å². The van der Waals surface area contributed by atoms with E-state index in [0.717, 1.165) is 38.5 Å². The average Bonchev–Trinajstić information content (AvgIpc) is 3.06. The van der Waals surface area contributed by atoms with Crippen molar-refractivity contribution < 1.29 is 9.53 Å². The van der Waals surface area contributed by atoms with Gasteiger partial charge in [-0.3, -0.25) is 4.79 Å². The molecule has 0 bridgehead atoms. The minimum absolute atomic E-state index is 0.252. The Morgan fingerprint density at radius 1 is 1.20 bits per heavy atom. The standard InChI is InChI=1S/C16H26N2O2/c17-10-6-5-9-15(18)16(19)20-11-14-12-7-3-1-2-4-8-13(12)14/h12-15H,3-11,17-18H2/t12?,13?,14?,15-/m0/s1. The molecule has 0 aromatic carbocycles. The number of hydrogen-bond acceptors (Lipinski definition) is 4. The molecule has 0 amide bonds. The zero-order valence-electron chi connectivity index (χ0n) is 12.1. The van der Waals surface area contributed by atoms with Crippen molar-refractivity contribution in [2.45, 2.75) is 51.0 Å². The highest BCUT2D eigenvalue weighted by Crippen LogP contribution is 2.52. The van der Waals surface area contributed by atoms with Crippen LogP contribution in [0.25, 0.3) is 0 Å². The van der Waals surface area contributed by atoms with Gasteiger partial charge in [0.15, 0.2) is 0 Å².